The number of fused-ring (bicyclic) bond motifs is 3. The van der Waals surface area contributed by atoms with Crippen LogP contribution in [0.3, 0.4) is 0 Å². The van der Waals surface area contributed by atoms with Gasteiger partial charge in [-0.15, -0.1) is 0 Å². The lowest BCUT2D eigenvalue weighted by Gasteiger charge is -2.14. The third kappa shape index (κ3) is 3.37. The highest BCUT2D eigenvalue weighted by molar-refractivity contribution is 5.98. The van der Waals surface area contributed by atoms with Crippen molar-refractivity contribution in [3.8, 4) is 5.75 Å². The van der Waals surface area contributed by atoms with Gasteiger partial charge < -0.3 is 14.5 Å². The number of benzene rings is 1. The number of furan rings is 1. The lowest BCUT2D eigenvalue weighted by molar-refractivity contribution is -0.117. The van der Waals surface area contributed by atoms with Crippen LogP contribution in [0, 0.1) is 6.92 Å². The van der Waals surface area contributed by atoms with E-state index in [1.807, 2.05) is 20.8 Å². The van der Waals surface area contributed by atoms with Gasteiger partial charge in [0.05, 0.1) is 7.11 Å². The minimum atomic E-state index is -0.0640. The van der Waals surface area contributed by atoms with E-state index >= 15 is 0 Å². The number of hydrogen-bond donors (Lipinski definition) is 1. The summed E-state index contributed by atoms with van der Waals surface area (Å²) in [5, 5.41) is 4.16. The van der Waals surface area contributed by atoms with Gasteiger partial charge in [-0.25, -0.2) is 0 Å². The molecule has 0 saturated heterocycles. The van der Waals surface area contributed by atoms with E-state index in [2.05, 4.69) is 18.3 Å². The average Bonchev–Trinajstić information content (AvgIpc) is 3.00. The Morgan fingerprint density at radius 1 is 1.38 bits per heavy atom. The highest BCUT2D eigenvalue weighted by Crippen LogP contribution is 2.40. The van der Waals surface area contributed by atoms with Gasteiger partial charge in [-0.2, -0.15) is 0 Å². The van der Waals surface area contributed by atoms with Gasteiger partial charge in [0.25, 0.3) is 0 Å². The molecular weight excluding hydrogens is 326 g/mol. The number of hydrogen-bond acceptors (Lipinski definition) is 3. The van der Waals surface area contributed by atoms with Crippen molar-refractivity contribution in [2.24, 2.45) is 0 Å². The molecule has 3 rings (SSSR count). The second kappa shape index (κ2) is 7.56. The molecule has 1 amide bonds. The zero-order chi connectivity index (χ0) is 18.8. The molecule has 4 heteroatoms. The van der Waals surface area contributed by atoms with Crippen LogP contribution in [0.25, 0.3) is 16.5 Å². The van der Waals surface area contributed by atoms with E-state index in [1.165, 1.54) is 23.8 Å². The number of carbonyl (C=O) groups is 1. The Hall–Kier alpha value is -2.23. The molecule has 0 bridgehead atoms. The van der Waals surface area contributed by atoms with Crippen LogP contribution in [0.5, 0.6) is 5.75 Å². The lowest BCUT2D eigenvalue weighted by atomic mass is 9.93. The summed E-state index contributed by atoms with van der Waals surface area (Å²) < 4.78 is 11.9. The van der Waals surface area contributed by atoms with Crippen LogP contribution in [0.15, 0.2) is 16.6 Å². The molecule has 1 atom stereocenters. The van der Waals surface area contributed by atoms with E-state index in [9.17, 15) is 4.79 Å². The van der Waals surface area contributed by atoms with Crippen LogP contribution in [0.4, 0.5) is 0 Å². The molecule has 1 heterocycles. The van der Waals surface area contributed by atoms with Crippen molar-refractivity contribution in [1.82, 2.24) is 5.32 Å². The molecule has 1 unspecified atom stereocenters. The van der Waals surface area contributed by atoms with Gasteiger partial charge in [0.1, 0.15) is 17.1 Å². The van der Waals surface area contributed by atoms with Crippen LogP contribution < -0.4 is 10.1 Å². The number of carbonyl (C=O) groups excluding carboxylic acids is 1. The molecule has 1 aromatic carbocycles. The molecule has 26 heavy (non-hydrogen) atoms. The Morgan fingerprint density at radius 2 is 2.12 bits per heavy atom. The molecular formula is C22H29NO3. The first kappa shape index (κ1) is 18.6. The Kier molecular flexibility index (Phi) is 5.40. The summed E-state index contributed by atoms with van der Waals surface area (Å²) in [5.74, 6) is 1.84. The van der Waals surface area contributed by atoms with Gasteiger partial charge >= 0.3 is 0 Å². The zero-order valence-corrected chi connectivity index (χ0v) is 16.5. The molecule has 0 spiro atoms. The van der Waals surface area contributed by atoms with Crippen molar-refractivity contribution in [1.29, 1.82) is 0 Å². The Labute approximate surface area is 155 Å². The maximum absolute atomic E-state index is 12.3. The fourth-order valence-electron chi connectivity index (χ4n) is 3.75. The molecule has 0 saturated carbocycles. The number of ether oxygens (including phenoxy) is 1. The molecule has 4 nitrogen and oxygen atoms in total. The predicted octanol–water partition coefficient (Wildman–Crippen LogP) is 4.95. The van der Waals surface area contributed by atoms with Crippen LogP contribution in [0.2, 0.25) is 0 Å². The number of rotatable bonds is 5. The molecule has 0 radical (unpaired) electrons. The number of allylic oxidation sites excluding steroid dienone is 1. The first-order valence-corrected chi connectivity index (χ1v) is 9.57. The molecule has 0 fully saturated rings. The summed E-state index contributed by atoms with van der Waals surface area (Å²) in [6.45, 7) is 8.07. The Bertz CT molecular complexity index is 860. The highest BCUT2D eigenvalue weighted by Gasteiger charge is 2.23. The summed E-state index contributed by atoms with van der Waals surface area (Å²) in [6, 6.07) is 2.30. The van der Waals surface area contributed by atoms with Crippen LogP contribution in [0.1, 0.15) is 62.5 Å². The predicted molar refractivity (Wildman–Crippen MR) is 106 cm³/mol. The maximum atomic E-state index is 12.3. The van der Waals surface area contributed by atoms with E-state index in [4.69, 9.17) is 9.15 Å². The van der Waals surface area contributed by atoms with Crippen LogP contribution in [-0.4, -0.2) is 19.1 Å². The Balaban J connectivity index is 2.08. The van der Waals surface area contributed by atoms with E-state index in [-0.39, 0.29) is 11.9 Å². The summed E-state index contributed by atoms with van der Waals surface area (Å²) >= 11 is 0. The summed E-state index contributed by atoms with van der Waals surface area (Å²) in [7, 11) is 1.67. The van der Waals surface area contributed by atoms with E-state index in [0.717, 1.165) is 53.1 Å². The topological polar surface area (TPSA) is 51.5 Å². The van der Waals surface area contributed by atoms with Gasteiger partial charge in [-0.05, 0) is 58.1 Å². The fourth-order valence-corrected chi connectivity index (χ4v) is 3.75. The molecule has 2 aromatic rings. The van der Waals surface area contributed by atoms with Crippen LogP contribution >= 0.6 is 0 Å². The number of nitrogens with one attached hydrogen (secondary N) is 1. The molecule has 0 aliphatic heterocycles. The summed E-state index contributed by atoms with van der Waals surface area (Å²) in [4.78, 5) is 12.3. The van der Waals surface area contributed by atoms with Crippen molar-refractivity contribution < 1.29 is 13.9 Å². The smallest absolute Gasteiger partial charge is 0.244 e. The standard InChI is InChI=1S/C22H29NO3/c1-6-14(3)23-20(24)11-13(2)17-12-18-16-9-7-8-10-19(16)26-22(18)15(4)21(17)25-5/h11-12,14H,6-10H2,1-5H3,(H,23,24)/b13-11+. The fraction of sp³-hybridized carbons (Fsp3) is 0.500. The van der Waals surface area contributed by atoms with Crippen molar-refractivity contribution in [3.63, 3.8) is 0 Å². The minimum absolute atomic E-state index is 0.0640. The molecule has 1 aliphatic carbocycles. The first-order chi connectivity index (χ1) is 12.5. The van der Waals surface area contributed by atoms with Crippen molar-refractivity contribution >= 4 is 22.4 Å². The number of methoxy groups -OCH3 is 1. The molecule has 1 N–H and O–H groups in total. The second-order valence-electron chi connectivity index (χ2n) is 7.32. The minimum Gasteiger partial charge on any atom is -0.496 e. The summed E-state index contributed by atoms with van der Waals surface area (Å²) in [5.41, 5.74) is 5.12. The second-order valence-corrected chi connectivity index (χ2v) is 7.32. The quantitative estimate of drug-likeness (QED) is 0.772. The van der Waals surface area contributed by atoms with E-state index < -0.39 is 0 Å². The zero-order valence-electron chi connectivity index (χ0n) is 16.5. The Morgan fingerprint density at radius 3 is 2.81 bits per heavy atom. The van der Waals surface area contributed by atoms with Gasteiger partial charge in [0, 0.05) is 40.6 Å². The monoisotopic (exact) mass is 355 g/mol. The van der Waals surface area contributed by atoms with Crippen molar-refractivity contribution in [3.05, 3.63) is 34.6 Å². The SMILES string of the molecule is CCC(C)NC(=O)/C=C(\C)c1cc2c3c(oc2c(C)c1OC)CCCC3. The van der Waals surface area contributed by atoms with Crippen molar-refractivity contribution in [2.45, 2.75) is 65.8 Å². The first-order valence-electron chi connectivity index (χ1n) is 9.57. The third-order valence-electron chi connectivity index (χ3n) is 5.40. The van der Waals surface area contributed by atoms with Crippen molar-refractivity contribution in [2.75, 3.05) is 7.11 Å². The van der Waals surface area contributed by atoms with Gasteiger partial charge in [-0.1, -0.05) is 6.92 Å². The summed E-state index contributed by atoms with van der Waals surface area (Å²) in [6.07, 6.45) is 7.03. The normalized spacial score (nSPS) is 15.7. The highest BCUT2D eigenvalue weighted by atomic mass is 16.5. The molecule has 1 aliphatic rings. The van der Waals surface area contributed by atoms with E-state index in [1.54, 1.807) is 13.2 Å². The van der Waals surface area contributed by atoms with E-state index in [0.29, 0.717) is 0 Å². The van der Waals surface area contributed by atoms with Gasteiger partial charge in [0.15, 0.2) is 0 Å². The maximum Gasteiger partial charge on any atom is 0.244 e. The van der Waals surface area contributed by atoms with Gasteiger partial charge in [-0.3, -0.25) is 4.79 Å². The third-order valence-corrected chi connectivity index (χ3v) is 5.40. The number of aryl methyl sites for hydroxylation is 3. The molecule has 140 valence electrons. The van der Waals surface area contributed by atoms with Gasteiger partial charge in [0.2, 0.25) is 5.91 Å². The molecule has 1 aromatic heterocycles. The number of amides is 1. The largest absolute Gasteiger partial charge is 0.496 e. The van der Waals surface area contributed by atoms with Crippen LogP contribution in [-0.2, 0) is 17.6 Å². The average molecular weight is 355 g/mol. The lowest BCUT2D eigenvalue weighted by Crippen LogP contribution is -2.30.